The Balaban J connectivity index is 1.97. The predicted octanol–water partition coefficient (Wildman–Crippen LogP) is 8.04. The normalized spacial score (nSPS) is 11.0. The van der Waals surface area contributed by atoms with E-state index in [1.807, 2.05) is 0 Å². The molecule has 2 rings (SSSR count). The average Bonchev–Trinajstić information content (AvgIpc) is 3.00. The van der Waals surface area contributed by atoms with Crippen LogP contribution in [0, 0.1) is 5.92 Å². The summed E-state index contributed by atoms with van der Waals surface area (Å²) >= 11 is 0. The highest BCUT2D eigenvalue weighted by molar-refractivity contribution is 5.98. The quantitative estimate of drug-likeness (QED) is 0.0668. The first-order valence-electron chi connectivity index (χ1n) is 15.5. The van der Waals surface area contributed by atoms with E-state index in [1.54, 1.807) is 30.3 Å². The zero-order chi connectivity index (χ0) is 31.3. The second-order valence-corrected chi connectivity index (χ2v) is 10.5. The van der Waals surface area contributed by atoms with Crippen molar-refractivity contribution in [2.75, 3.05) is 13.2 Å². The molecule has 0 aliphatic carbocycles. The Kier molecular flexibility index (Phi) is 17.1. The molecule has 0 aromatic heterocycles. The van der Waals surface area contributed by atoms with Crippen LogP contribution >= 0.6 is 0 Å². The standard InChI is InChI=1S/C35H46O8/c1-3-5-7-9-11-13-25-41-34(39)31(35(40)42-26-14-12-10-8-6-4-2)24-17-27-15-18-29(19-16-27)33(38)43-30-22-20-28(21-23-30)32(36)37/h15-24,31H,3-14,25-26H2,1-2H3,(H,36,37)/b24-17+. The maximum Gasteiger partial charge on any atom is 0.343 e. The van der Waals surface area contributed by atoms with Crippen molar-refractivity contribution in [3.63, 3.8) is 0 Å². The molecule has 0 unspecified atom stereocenters. The fourth-order valence-corrected chi connectivity index (χ4v) is 4.31. The molecular weight excluding hydrogens is 548 g/mol. The number of hydrogen-bond acceptors (Lipinski definition) is 7. The molecule has 43 heavy (non-hydrogen) atoms. The molecule has 0 saturated carbocycles. The Morgan fingerprint density at radius 2 is 1.12 bits per heavy atom. The highest BCUT2D eigenvalue weighted by Gasteiger charge is 2.27. The summed E-state index contributed by atoms with van der Waals surface area (Å²) in [6, 6.07) is 12.0. The summed E-state index contributed by atoms with van der Waals surface area (Å²) < 4.78 is 16.2. The van der Waals surface area contributed by atoms with Gasteiger partial charge in [0.2, 0.25) is 0 Å². The number of rotatable bonds is 21. The zero-order valence-corrected chi connectivity index (χ0v) is 25.6. The van der Waals surface area contributed by atoms with Crippen LogP contribution in [0.4, 0.5) is 0 Å². The summed E-state index contributed by atoms with van der Waals surface area (Å²) in [6.45, 7) is 4.84. The van der Waals surface area contributed by atoms with Gasteiger partial charge in [-0.2, -0.15) is 0 Å². The van der Waals surface area contributed by atoms with Crippen LogP contribution in [0.25, 0.3) is 6.08 Å². The number of carbonyl (C=O) groups excluding carboxylic acids is 3. The van der Waals surface area contributed by atoms with Crippen molar-refractivity contribution < 1.29 is 38.5 Å². The van der Waals surface area contributed by atoms with Crippen LogP contribution < -0.4 is 4.74 Å². The van der Waals surface area contributed by atoms with Gasteiger partial charge in [-0.3, -0.25) is 9.59 Å². The molecule has 0 heterocycles. The second kappa shape index (κ2) is 20.9. The molecule has 234 valence electrons. The lowest BCUT2D eigenvalue weighted by atomic mass is 10.1. The number of benzene rings is 2. The van der Waals surface area contributed by atoms with Gasteiger partial charge in [-0.25, -0.2) is 9.59 Å². The Bertz CT molecular complexity index is 1120. The molecule has 0 spiro atoms. The highest BCUT2D eigenvalue weighted by Crippen LogP contribution is 2.17. The van der Waals surface area contributed by atoms with Crippen molar-refractivity contribution in [1.29, 1.82) is 0 Å². The molecule has 0 radical (unpaired) electrons. The van der Waals surface area contributed by atoms with Crippen LogP contribution in [0.2, 0.25) is 0 Å². The maximum absolute atomic E-state index is 12.9. The average molecular weight is 595 g/mol. The van der Waals surface area contributed by atoms with Gasteiger partial charge in [0, 0.05) is 0 Å². The van der Waals surface area contributed by atoms with Gasteiger partial charge in [0.15, 0.2) is 5.92 Å². The van der Waals surface area contributed by atoms with E-state index in [0.29, 0.717) is 5.56 Å². The monoisotopic (exact) mass is 594 g/mol. The Morgan fingerprint density at radius 3 is 1.60 bits per heavy atom. The van der Waals surface area contributed by atoms with Crippen molar-refractivity contribution >= 4 is 30.0 Å². The van der Waals surface area contributed by atoms with E-state index in [-0.39, 0.29) is 30.1 Å². The van der Waals surface area contributed by atoms with E-state index in [1.165, 1.54) is 56.0 Å². The van der Waals surface area contributed by atoms with Crippen LogP contribution in [-0.4, -0.2) is 42.2 Å². The molecular formula is C35H46O8. The summed E-state index contributed by atoms with van der Waals surface area (Å²) in [6.07, 6.45) is 15.8. The number of carboxylic acids is 1. The van der Waals surface area contributed by atoms with Gasteiger partial charge in [0.25, 0.3) is 0 Å². The van der Waals surface area contributed by atoms with Crippen LogP contribution in [0.3, 0.4) is 0 Å². The lowest BCUT2D eigenvalue weighted by Gasteiger charge is -2.13. The first-order chi connectivity index (χ1) is 20.8. The predicted molar refractivity (Wildman–Crippen MR) is 166 cm³/mol. The molecule has 8 nitrogen and oxygen atoms in total. The molecule has 0 saturated heterocycles. The smallest absolute Gasteiger partial charge is 0.343 e. The van der Waals surface area contributed by atoms with E-state index in [0.717, 1.165) is 51.4 Å². The van der Waals surface area contributed by atoms with Crippen molar-refractivity contribution in [2.24, 2.45) is 5.92 Å². The van der Waals surface area contributed by atoms with Gasteiger partial charge >= 0.3 is 23.9 Å². The van der Waals surface area contributed by atoms with Crippen molar-refractivity contribution in [3.05, 3.63) is 71.3 Å². The third-order valence-electron chi connectivity index (χ3n) is 6.93. The molecule has 1 N–H and O–H groups in total. The summed E-state index contributed by atoms with van der Waals surface area (Å²) in [4.78, 5) is 49.2. The summed E-state index contributed by atoms with van der Waals surface area (Å²) in [5, 5.41) is 9.00. The lowest BCUT2D eigenvalue weighted by Crippen LogP contribution is -2.27. The fourth-order valence-electron chi connectivity index (χ4n) is 4.31. The number of esters is 3. The Hall–Kier alpha value is -3.94. The third-order valence-corrected chi connectivity index (χ3v) is 6.93. The van der Waals surface area contributed by atoms with Crippen LogP contribution in [0.5, 0.6) is 5.75 Å². The zero-order valence-electron chi connectivity index (χ0n) is 25.6. The molecule has 8 heteroatoms. The summed E-state index contributed by atoms with van der Waals surface area (Å²) in [5.74, 6) is -3.90. The van der Waals surface area contributed by atoms with Gasteiger partial charge in [-0.05, 0) is 54.8 Å². The van der Waals surface area contributed by atoms with E-state index in [4.69, 9.17) is 19.3 Å². The number of aromatic carboxylic acids is 1. The van der Waals surface area contributed by atoms with Gasteiger partial charge < -0.3 is 19.3 Å². The first kappa shape index (κ1) is 35.3. The largest absolute Gasteiger partial charge is 0.478 e. The minimum atomic E-state index is -1.18. The SMILES string of the molecule is CCCCCCCCOC(=O)C(/C=C/c1ccc(C(=O)Oc2ccc(C(=O)O)cc2)cc1)C(=O)OCCCCCCCC. The maximum atomic E-state index is 12.9. The van der Waals surface area contributed by atoms with Crippen molar-refractivity contribution in [1.82, 2.24) is 0 Å². The van der Waals surface area contributed by atoms with Crippen molar-refractivity contribution in [3.8, 4) is 5.75 Å². The molecule has 0 aliphatic rings. The number of carboxylic acid groups (broad SMARTS) is 1. The molecule has 0 fully saturated rings. The molecule has 2 aromatic carbocycles. The number of hydrogen-bond donors (Lipinski definition) is 1. The van der Waals surface area contributed by atoms with E-state index < -0.39 is 29.8 Å². The second-order valence-electron chi connectivity index (χ2n) is 10.5. The fraction of sp³-hybridized carbons (Fsp3) is 0.486. The Labute approximate surface area is 255 Å². The number of ether oxygens (including phenoxy) is 3. The van der Waals surface area contributed by atoms with Crippen LogP contribution in [-0.2, 0) is 19.1 Å². The van der Waals surface area contributed by atoms with Gasteiger partial charge in [-0.1, -0.05) is 102 Å². The molecule has 0 aliphatic heterocycles. The van der Waals surface area contributed by atoms with Crippen LogP contribution in [0.15, 0.2) is 54.6 Å². The number of unbranched alkanes of at least 4 members (excludes halogenated alkanes) is 10. The minimum Gasteiger partial charge on any atom is -0.478 e. The third kappa shape index (κ3) is 14.2. The topological polar surface area (TPSA) is 116 Å². The highest BCUT2D eigenvalue weighted by atomic mass is 16.6. The Morgan fingerprint density at radius 1 is 0.651 bits per heavy atom. The van der Waals surface area contributed by atoms with Crippen molar-refractivity contribution in [2.45, 2.75) is 90.9 Å². The molecule has 2 aromatic rings. The minimum absolute atomic E-state index is 0.0897. The molecule has 0 amide bonds. The van der Waals surface area contributed by atoms with E-state index >= 15 is 0 Å². The molecule has 0 bridgehead atoms. The van der Waals surface area contributed by atoms with Gasteiger partial charge in [0.1, 0.15) is 5.75 Å². The number of carbonyl (C=O) groups is 4. The lowest BCUT2D eigenvalue weighted by molar-refractivity contribution is -0.159. The first-order valence-corrected chi connectivity index (χ1v) is 15.5. The van der Waals surface area contributed by atoms with Gasteiger partial charge in [-0.15, -0.1) is 0 Å². The van der Waals surface area contributed by atoms with E-state index in [9.17, 15) is 19.2 Å². The summed E-state index contributed by atoms with van der Waals surface area (Å²) in [5.41, 5.74) is 1.04. The van der Waals surface area contributed by atoms with E-state index in [2.05, 4.69) is 13.8 Å². The summed E-state index contributed by atoms with van der Waals surface area (Å²) in [7, 11) is 0. The molecule has 0 atom stereocenters. The van der Waals surface area contributed by atoms with Crippen LogP contribution in [0.1, 0.15) is 117 Å². The van der Waals surface area contributed by atoms with Gasteiger partial charge in [0.05, 0.1) is 24.3 Å².